The van der Waals surface area contributed by atoms with Gasteiger partial charge in [0.2, 0.25) is 0 Å². The summed E-state index contributed by atoms with van der Waals surface area (Å²) in [5.74, 6) is 0. The lowest BCUT2D eigenvalue weighted by Gasteiger charge is -2.34. The summed E-state index contributed by atoms with van der Waals surface area (Å²) in [7, 11) is 2.17. The zero-order chi connectivity index (χ0) is 20.1. The van der Waals surface area contributed by atoms with E-state index in [4.69, 9.17) is 0 Å². The van der Waals surface area contributed by atoms with Crippen LogP contribution in [0.5, 0.6) is 0 Å². The second kappa shape index (κ2) is 6.67. The number of pyridine rings is 2. The fourth-order valence-corrected chi connectivity index (χ4v) is 4.14. The topological polar surface area (TPSA) is 105 Å². The number of piperazine rings is 1. The summed E-state index contributed by atoms with van der Waals surface area (Å²) in [5, 5.41) is 16.6. The third kappa shape index (κ3) is 2.74. The van der Waals surface area contributed by atoms with E-state index >= 15 is 0 Å². The van der Waals surface area contributed by atoms with Gasteiger partial charge in [-0.2, -0.15) is 10.2 Å². The van der Waals surface area contributed by atoms with E-state index in [0.717, 1.165) is 59.6 Å². The summed E-state index contributed by atoms with van der Waals surface area (Å²) in [6.07, 6.45) is 9.32. The smallest absolute Gasteiger partial charge is 0.181 e. The lowest BCUT2D eigenvalue weighted by Crippen LogP contribution is -2.44. The van der Waals surface area contributed by atoms with Gasteiger partial charge < -0.3 is 14.8 Å². The van der Waals surface area contributed by atoms with Gasteiger partial charge in [-0.3, -0.25) is 15.2 Å². The Morgan fingerprint density at radius 2 is 1.83 bits per heavy atom. The van der Waals surface area contributed by atoms with Gasteiger partial charge >= 0.3 is 0 Å². The van der Waals surface area contributed by atoms with Crippen LogP contribution >= 0.6 is 0 Å². The number of H-pyrrole nitrogens is 3. The number of hydrogen-bond donors (Lipinski definition) is 3. The van der Waals surface area contributed by atoms with Crippen LogP contribution < -0.4 is 4.90 Å². The molecule has 0 aromatic carbocycles. The lowest BCUT2D eigenvalue weighted by molar-refractivity contribution is 0.313. The Hall–Kier alpha value is -3.72. The first-order valence-corrected chi connectivity index (χ1v) is 10.00. The molecule has 0 unspecified atom stereocenters. The molecule has 5 aromatic rings. The van der Waals surface area contributed by atoms with Gasteiger partial charge in [-0.1, -0.05) is 0 Å². The van der Waals surface area contributed by atoms with E-state index < -0.39 is 0 Å². The molecule has 6 rings (SSSR count). The molecule has 1 saturated heterocycles. The number of anilines is 1. The van der Waals surface area contributed by atoms with Crippen LogP contribution in [0.1, 0.15) is 0 Å². The van der Waals surface area contributed by atoms with Crippen molar-refractivity contribution in [2.45, 2.75) is 0 Å². The molecule has 0 amide bonds. The fraction of sp³-hybridized carbons (Fsp3) is 0.238. The molecule has 150 valence electrons. The first kappa shape index (κ1) is 17.2. The maximum absolute atomic E-state index is 4.51. The Balaban J connectivity index is 1.45. The minimum atomic E-state index is 0.688. The highest BCUT2D eigenvalue weighted by atomic mass is 15.3. The van der Waals surface area contributed by atoms with Crippen LogP contribution in [0.15, 0.2) is 43.1 Å². The molecule has 9 heteroatoms. The number of hydrogen-bond acceptors (Lipinski definition) is 6. The Morgan fingerprint density at radius 1 is 0.933 bits per heavy atom. The van der Waals surface area contributed by atoms with Crippen LogP contribution in [0.25, 0.3) is 44.5 Å². The third-order valence-electron chi connectivity index (χ3n) is 5.88. The number of rotatable bonds is 3. The monoisotopic (exact) mass is 399 g/mol. The molecule has 0 aliphatic carbocycles. The molecule has 3 N–H and O–H groups in total. The van der Waals surface area contributed by atoms with Crippen molar-refractivity contribution < 1.29 is 0 Å². The first-order valence-electron chi connectivity index (χ1n) is 10.00. The quantitative estimate of drug-likeness (QED) is 0.431. The van der Waals surface area contributed by atoms with E-state index in [1.165, 1.54) is 11.1 Å². The highest BCUT2D eigenvalue weighted by Gasteiger charge is 2.19. The average Bonchev–Trinajstić information content (AvgIpc) is 3.52. The van der Waals surface area contributed by atoms with Crippen LogP contribution in [0.2, 0.25) is 0 Å². The Kier molecular flexibility index (Phi) is 3.81. The van der Waals surface area contributed by atoms with Gasteiger partial charge in [0.15, 0.2) is 5.65 Å². The van der Waals surface area contributed by atoms with Crippen molar-refractivity contribution in [3.05, 3.63) is 43.1 Å². The molecule has 1 aliphatic rings. The van der Waals surface area contributed by atoms with E-state index in [2.05, 4.69) is 64.3 Å². The first-order chi connectivity index (χ1) is 14.8. The highest BCUT2D eigenvalue weighted by Crippen LogP contribution is 2.33. The molecule has 0 atom stereocenters. The van der Waals surface area contributed by atoms with Gasteiger partial charge in [0, 0.05) is 60.5 Å². The molecular formula is C21H21N9. The molecule has 1 fully saturated rings. The number of aromatic amines is 3. The standard InChI is InChI=1S/C21H21N9/c1-29-2-4-30(5-3-29)19-12-22-11-18-15(19)7-17(26-18)20-16-6-13(14-9-24-25-10-14)8-23-21(16)28-27-20/h6-12,26H,2-5H2,1H3,(H,24,25)(H,23,27,28). The summed E-state index contributed by atoms with van der Waals surface area (Å²) in [6, 6.07) is 4.28. The minimum absolute atomic E-state index is 0.688. The summed E-state index contributed by atoms with van der Waals surface area (Å²) in [4.78, 5) is 17.3. The number of fused-ring (bicyclic) bond motifs is 2. The molecular weight excluding hydrogens is 378 g/mol. The largest absolute Gasteiger partial charge is 0.367 e. The summed E-state index contributed by atoms with van der Waals surface area (Å²) in [5.41, 5.74) is 6.76. The zero-order valence-corrected chi connectivity index (χ0v) is 16.6. The van der Waals surface area contributed by atoms with Gasteiger partial charge in [-0.15, -0.1) is 0 Å². The van der Waals surface area contributed by atoms with E-state index in [-0.39, 0.29) is 0 Å². The Morgan fingerprint density at radius 3 is 2.67 bits per heavy atom. The minimum Gasteiger partial charge on any atom is -0.367 e. The lowest BCUT2D eigenvalue weighted by atomic mass is 10.1. The van der Waals surface area contributed by atoms with Crippen LogP contribution in [-0.4, -0.2) is 73.5 Å². The Labute approximate surface area is 172 Å². The zero-order valence-electron chi connectivity index (χ0n) is 16.6. The van der Waals surface area contributed by atoms with Gasteiger partial charge in [-0.25, -0.2) is 4.98 Å². The van der Waals surface area contributed by atoms with Crippen molar-refractivity contribution >= 4 is 27.6 Å². The van der Waals surface area contributed by atoms with Crippen molar-refractivity contribution in [2.24, 2.45) is 0 Å². The second-order valence-corrected chi connectivity index (χ2v) is 7.77. The molecule has 0 bridgehead atoms. The predicted molar refractivity (Wildman–Crippen MR) is 116 cm³/mol. The summed E-state index contributed by atoms with van der Waals surface area (Å²) >= 11 is 0. The molecule has 9 nitrogen and oxygen atoms in total. The van der Waals surface area contributed by atoms with E-state index in [0.29, 0.717) is 5.65 Å². The number of aromatic nitrogens is 7. The molecule has 0 saturated carbocycles. The SMILES string of the molecule is CN1CCN(c2cncc3[nH]c(-c4[nH]nc5ncc(-c6cn[nH]c6)cc45)cc23)CC1. The van der Waals surface area contributed by atoms with E-state index in [1.54, 1.807) is 6.20 Å². The number of nitrogens with zero attached hydrogens (tertiary/aromatic N) is 6. The fourth-order valence-electron chi connectivity index (χ4n) is 4.14. The van der Waals surface area contributed by atoms with Crippen molar-refractivity contribution in [2.75, 3.05) is 38.1 Å². The second-order valence-electron chi connectivity index (χ2n) is 7.77. The summed E-state index contributed by atoms with van der Waals surface area (Å²) < 4.78 is 0. The van der Waals surface area contributed by atoms with Crippen LogP contribution in [0.4, 0.5) is 5.69 Å². The van der Waals surface area contributed by atoms with Gasteiger partial charge in [0.1, 0.15) is 0 Å². The molecule has 0 radical (unpaired) electrons. The predicted octanol–water partition coefficient (Wildman–Crippen LogP) is 2.64. The van der Waals surface area contributed by atoms with E-state index in [1.807, 2.05) is 24.8 Å². The number of likely N-dealkylation sites (N-methyl/N-ethyl adjacent to an activating group) is 1. The molecule has 30 heavy (non-hydrogen) atoms. The number of nitrogens with one attached hydrogen (secondary N) is 3. The van der Waals surface area contributed by atoms with E-state index in [9.17, 15) is 0 Å². The van der Waals surface area contributed by atoms with Crippen molar-refractivity contribution in [3.63, 3.8) is 0 Å². The molecule has 5 aromatic heterocycles. The summed E-state index contributed by atoms with van der Waals surface area (Å²) in [6.45, 7) is 4.12. The molecule has 6 heterocycles. The normalized spacial score (nSPS) is 15.4. The maximum Gasteiger partial charge on any atom is 0.181 e. The molecule has 0 spiro atoms. The maximum atomic E-state index is 4.51. The Bertz CT molecular complexity index is 1320. The van der Waals surface area contributed by atoms with Crippen LogP contribution in [0, 0.1) is 0 Å². The third-order valence-corrected chi connectivity index (χ3v) is 5.88. The average molecular weight is 399 g/mol. The van der Waals surface area contributed by atoms with Gasteiger partial charge in [0.05, 0.1) is 41.2 Å². The van der Waals surface area contributed by atoms with Crippen LogP contribution in [0.3, 0.4) is 0 Å². The van der Waals surface area contributed by atoms with Crippen LogP contribution in [-0.2, 0) is 0 Å². The van der Waals surface area contributed by atoms with Gasteiger partial charge in [0.25, 0.3) is 0 Å². The van der Waals surface area contributed by atoms with Gasteiger partial charge in [-0.05, 0) is 19.2 Å². The van der Waals surface area contributed by atoms with Crippen molar-refractivity contribution in [1.82, 2.24) is 40.2 Å². The molecule has 1 aliphatic heterocycles. The van der Waals surface area contributed by atoms with Crippen molar-refractivity contribution in [1.29, 1.82) is 0 Å². The highest BCUT2D eigenvalue weighted by molar-refractivity contribution is 5.99. The van der Waals surface area contributed by atoms with Crippen molar-refractivity contribution in [3.8, 4) is 22.5 Å².